The Labute approximate surface area is 174 Å². The Kier molecular flexibility index (Phi) is 6.72. The first-order chi connectivity index (χ1) is 14.0. The lowest BCUT2D eigenvalue weighted by atomic mass is 10.1. The van der Waals surface area contributed by atoms with Gasteiger partial charge in [-0.3, -0.25) is 9.69 Å². The van der Waals surface area contributed by atoms with E-state index in [2.05, 4.69) is 11.7 Å². The van der Waals surface area contributed by atoms with Gasteiger partial charge in [0.25, 0.3) is 5.91 Å². The van der Waals surface area contributed by atoms with Crippen molar-refractivity contribution in [3.63, 3.8) is 0 Å². The lowest BCUT2D eigenvalue weighted by Gasteiger charge is -2.08. The number of rotatable bonds is 6. The second-order valence-electron chi connectivity index (χ2n) is 6.29. The van der Waals surface area contributed by atoms with Crippen LogP contribution in [0, 0.1) is 0 Å². The van der Waals surface area contributed by atoms with E-state index in [1.165, 1.54) is 18.9 Å². The molecule has 1 aliphatic rings. The van der Waals surface area contributed by atoms with Crippen LogP contribution in [-0.4, -0.2) is 42.7 Å². The molecule has 0 aliphatic carbocycles. The molecule has 150 valence electrons. The number of amides is 1. The smallest absolute Gasteiger partial charge is 0.343 e. The van der Waals surface area contributed by atoms with Crippen LogP contribution in [0.1, 0.15) is 18.1 Å². The van der Waals surface area contributed by atoms with Crippen LogP contribution < -0.4 is 4.74 Å². The van der Waals surface area contributed by atoms with Crippen LogP contribution in [0.25, 0.3) is 6.08 Å². The summed E-state index contributed by atoms with van der Waals surface area (Å²) < 4.78 is 9.88. The Morgan fingerprint density at radius 1 is 1.17 bits per heavy atom. The molecule has 0 atom stereocenters. The van der Waals surface area contributed by atoms with Crippen molar-refractivity contribution in [2.24, 2.45) is 4.99 Å². The van der Waals surface area contributed by atoms with Crippen molar-refractivity contribution >= 4 is 40.6 Å². The fraction of sp³-hybridized carbons (Fsp3) is 0.227. The summed E-state index contributed by atoms with van der Waals surface area (Å²) in [5, 5.41) is 0.653. The van der Waals surface area contributed by atoms with Gasteiger partial charge in [-0.05, 0) is 53.6 Å². The fourth-order valence-corrected chi connectivity index (χ4v) is 3.67. The fourth-order valence-electron chi connectivity index (χ4n) is 2.69. The van der Waals surface area contributed by atoms with Gasteiger partial charge in [-0.15, -0.1) is 0 Å². The molecule has 1 saturated heterocycles. The average Bonchev–Trinajstić information content (AvgIpc) is 3.01. The molecule has 6 nitrogen and oxygen atoms in total. The zero-order valence-corrected chi connectivity index (χ0v) is 17.4. The molecule has 29 heavy (non-hydrogen) atoms. The highest BCUT2D eigenvalue weighted by Crippen LogP contribution is 2.34. The van der Waals surface area contributed by atoms with E-state index in [4.69, 9.17) is 9.73 Å². The maximum atomic E-state index is 12.6. The van der Waals surface area contributed by atoms with Gasteiger partial charge in [0.1, 0.15) is 5.75 Å². The highest BCUT2D eigenvalue weighted by Gasteiger charge is 2.30. The number of carbonyl (C=O) groups excluding carboxylic acids is 2. The van der Waals surface area contributed by atoms with E-state index in [1.54, 1.807) is 24.1 Å². The maximum Gasteiger partial charge on any atom is 0.343 e. The number of methoxy groups -OCH3 is 1. The molecule has 1 aliphatic heterocycles. The van der Waals surface area contributed by atoms with Crippen molar-refractivity contribution in [1.29, 1.82) is 0 Å². The first-order valence-corrected chi connectivity index (χ1v) is 9.97. The number of likely N-dealkylation sites (N-methyl/N-ethyl adjacent to an activating group) is 1. The Morgan fingerprint density at radius 3 is 2.59 bits per heavy atom. The SMILES string of the molecule is CCc1ccccc1N=C1S/C(=C\c2ccc(OCC(=O)OC)cc2)C(=O)N1C. The minimum atomic E-state index is -0.441. The van der Waals surface area contributed by atoms with Crippen LogP contribution in [0.3, 0.4) is 0 Å². The van der Waals surface area contributed by atoms with Gasteiger partial charge in [0.15, 0.2) is 11.8 Å². The van der Waals surface area contributed by atoms with Crippen molar-refractivity contribution in [3.05, 3.63) is 64.6 Å². The molecule has 0 N–H and O–H groups in total. The number of para-hydroxylation sites is 1. The molecule has 2 aromatic carbocycles. The van der Waals surface area contributed by atoms with Gasteiger partial charge < -0.3 is 9.47 Å². The lowest BCUT2D eigenvalue weighted by Crippen LogP contribution is -2.23. The van der Waals surface area contributed by atoms with Crippen LogP contribution in [0.2, 0.25) is 0 Å². The van der Waals surface area contributed by atoms with Gasteiger partial charge in [-0.25, -0.2) is 9.79 Å². The molecule has 1 heterocycles. The van der Waals surface area contributed by atoms with E-state index >= 15 is 0 Å². The molecule has 0 aromatic heterocycles. The van der Waals surface area contributed by atoms with E-state index in [0.29, 0.717) is 15.8 Å². The largest absolute Gasteiger partial charge is 0.482 e. The molecule has 7 heteroatoms. The van der Waals surface area contributed by atoms with E-state index in [9.17, 15) is 9.59 Å². The first kappa shape index (κ1) is 20.7. The molecule has 1 amide bonds. The summed E-state index contributed by atoms with van der Waals surface area (Å²) in [6.45, 7) is 1.94. The topological polar surface area (TPSA) is 68.2 Å². The van der Waals surface area contributed by atoms with Crippen molar-refractivity contribution < 1.29 is 19.1 Å². The Hall–Kier alpha value is -3.06. The minimum absolute atomic E-state index is 0.0891. The summed E-state index contributed by atoms with van der Waals surface area (Å²) in [7, 11) is 3.04. The quantitative estimate of drug-likeness (QED) is 0.531. The summed E-state index contributed by atoms with van der Waals surface area (Å²) in [6.07, 6.45) is 2.70. The monoisotopic (exact) mass is 410 g/mol. The van der Waals surface area contributed by atoms with Gasteiger partial charge in [-0.1, -0.05) is 37.3 Å². The predicted octanol–water partition coefficient (Wildman–Crippen LogP) is 4.03. The Balaban J connectivity index is 1.76. The number of hydrogen-bond acceptors (Lipinski definition) is 6. The second-order valence-corrected chi connectivity index (χ2v) is 7.29. The second kappa shape index (κ2) is 9.43. The molecular formula is C22H22N2O4S. The summed E-state index contributed by atoms with van der Waals surface area (Å²) in [5.74, 6) is 0.0240. The van der Waals surface area contributed by atoms with Gasteiger partial charge in [0.05, 0.1) is 17.7 Å². The average molecular weight is 410 g/mol. The normalized spacial score (nSPS) is 16.5. The third-order valence-corrected chi connectivity index (χ3v) is 5.41. The van der Waals surface area contributed by atoms with Crippen molar-refractivity contribution in [2.45, 2.75) is 13.3 Å². The molecule has 2 aromatic rings. The maximum absolute atomic E-state index is 12.6. The van der Waals surface area contributed by atoms with E-state index < -0.39 is 5.97 Å². The Morgan fingerprint density at radius 2 is 1.90 bits per heavy atom. The zero-order chi connectivity index (χ0) is 20.8. The van der Waals surface area contributed by atoms with E-state index in [1.807, 2.05) is 42.5 Å². The number of aryl methyl sites for hydroxylation is 1. The van der Waals surface area contributed by atoms with Crippen LogP contribution in [-0.2, 0) is 20.7 Å². The van der Waals surface area contributed by atoms with Crippen molar-refractivity contribution in [2.75, 3.05) is 20.8 Å². The lowest BCUT2D eigenvalue weighted by molar-refractivity contribution is -0.142. The highest BCUT2D eigenvalue weighted by atomic mass is 32.2. The van der Waals surface area contributed by atoms with E-state index in [0.717, 1.165) is 23.2 Å². The number of benzene rings is 2. The number of hydrogen-bond donors (Lipinski definition) is 0. The standard InChI is InChI=1S/C22H22N2O4S/c1-4-16-7-5-6-8-18(16)23-22-24(2)21(26)19(29-22)13-15-9-11-17(12-10-15)28-14-20(25)27-3/h5-13H,4,14H2,1-3H3/b19-13-,23-22?. The number of amidine groups is 1. The van der Waals surface area contributed by atoms with Gasteiger partial charge in [-0.2, -0.15) is 0 Å². The molecular weight excluding hydrogens is 388 g/mol. The third kappa shape index (κ3) is 5.06. The molecule has 0 radical (unpaired) electrons. The zero-order valence-electron chi connectivity index (χ0n) is 16.5. The van der Waals surface area contributed by atoms with Crippen LogP contribution in [0.15, 0.2) is 58.4 Å². The first-order valence-electron chi connectivity index (χ1n) is 9.15. The summed E-state index contributed by atoms with van der Waals surface area (Å²) in [5.41, 5.74) is 2.88. The molecule has 0 unspecified atom stereocenters. The van der Waals surface area contributed by atoms with Gasteiger partial charge in [0.2, 0.25) is 0 Å². The predicted molar refractivity (Wildman–Crippen MR) is 115 cm³/mol. The molecule has 0 spiro atoms. The van der Waals surface area contributed by atoms with Crippen LogP contribution >= 0.6 is 11.8 Å². The number of aliphatic imine (C=N–C) groups is 1. The van der Waals surface area contributed by atoms with Crippen LogP contribution in [0.4, 0.5) is 5.69 Å². The number of nitrogens with zero attached hydrogens (tertiary/aromatic N) is 2. The minimum Gasteiger partial charge on any atom is -0.482 e. The summed E-state index contributed by atoms with van der Waals surface area (Å²) in [4.78, 5) is 30.6. The van der Waals surface area contributed by atoms with Gasteiger partial charge in [0, 0.05) is 7.05 Å². The van der Waals surface area contributed by atoms with Crippen molar-refractivity contribution in [1.82, 2.24) is 4.90 Å². The van der Waals surface area contributed by atoms with Gasteiger partial charge >= 0.3 is 5.97 Å². The molecule has 1 fully saturated rings. The third-order valence-electron chi connectivity index (χ3n) is 4.35. The van der Waals surface area contributed by atoms with E-state index in [-0.39, 0.29) is 12.5 Å². The number of carbonyl (C=O) groups is 2. The van der Waals surface area contributed by atoms with Crippen molar-refractivity contribution in [3.8, 4) is 5.75 Å². The number of thioether (sulfide) groups is 1. The molecule has 0 bridgehead atoms. The highest BCUT2D eigenvalue weighted by molar-refractivity contribution is 8.18. The number of ether oxygens (including phenoxy) is 2. The van der Waals surface area contributed by atoms with Crippen LogP contribution in [0.5, 0.6) is 5.75 Å². The number of esters is 1. The summed E-state index contributed by atoms with van der Waals surface area (Å²) >= 11 is 1.35. The molecule has 0 saturated carbocycles. The molecule has 3 rings (SSSR count). The Bertz CT molecular complexity index is 967. The summed E-state index contributed by atoms with van der Waals surface area (Å²) in [6, 6.07) is 15.1.